The number of piperazine rings is 2. The molecule has 0 spiro atoms. The van der Waals surface area contributed by atoms with E-state index in [-0.39, 0.29) is 47.8 Å². The number of fused-ring (bicyclic) bond motifs is 1. The van der Waals surface area contributed by atoms with Crippen molar-refractivity contribution in [3.63, 3.8) is 0 Å². The predicted octanol–water partition coefficient (Wildman–Crippen LogP) is 3.18. The lowest BCUT2D eigenvalue weighted by Gasteiger charge is -2.48. The SMILES string of the molecule is CC(=O)N1CC(C)N(C[C@H]2CNC(C)CN2CC(=O)N2CC(C)(C)c3ncc(Cc4ccc(F)cc4F)cc32)[C@H](C)C1. The van der Waals surface area contributed by atoms with Crippen LogP contribution in [0.2, 0.25) is 0 Å². The van der Waals surface area contributed by atoms with Gasteiger partial charge < -0.3 is 15.1 Å². The number of anilines is 1. The average Bonchev–Trinajstić information content (AvgIpc) is 3.18. The third-order valence-corrected chi connectivity index (χ3v) is 9.15. The predicted molar refractivity (Wildman–Crippen MR) is 159 cm³/mol. The molecule has 1 aromatic carbocycles. The van der Waals surface area contributed by atoms with E-state index >= 15 is 0 Å². The van der Waals surface area contributed by atoms with Gasteiger partial charge in [0.05, 0.1) is 17.9 Å². The second kappa shape index (κ2) is 12.0. The van der Waals surface area contributed by atoms with Crippen LogP contribution in [0, 0.1) is 11.6 Å². The first kappa shape index (κ1) is 30.5. The van der Waals surface area contributed by atoms with Gasteiger partial charge in [-0.1, -0.05) is 19.9 Å². The Morgan fingerprint density at radius 2 is 1.79 bits per heavy atom. The summed E-state index contributed by atoms with van der Waals surface area (Å²) in [6.07, 6.45) is 2.00. The van der Waals surface area contributed by atoms with Crippen molar-refractivity contribution in [3.05, 3.63) is 58.9 Å². The Hall–Kier alpha value is -2.95. The monoisotopic (exact) mass is 582 g/mol. The van der Waals surface area contributed by atoms with E-state index in [2.05, 4.69) is 49.7 Å². The number of carbonyl (C=O) groups excluding carboxylic acids is 2. The van der Waals surface area contributed by atoms with E-state index in [0.29, 0.717) is 31.7 Å². The van der Waals surface area contributed by atoms with Crippen LogP contribution in [0.15, 0.2) is 30.5 Å². The molecule has 42 heavy (non-hydrogen) atoms. The van der Waals surface area contributed by atoms with Gasteiger partial charge in [-0.15, -0.1) is 0 Å². The molecule has 5 rings (SSSR count). The van der Waals surface area contributed by atoms with Gasteiger partial charge in [-0.2, -0.15) is 0 Å². The second-order valence-electron chi connectivity index (χ2n) is 13.2. The van der Waals surface area contributed by atoms with Crippen molar-refractivity contribution in [2.45, 2.75) is 77.5 Å². The summed E-state index contributed by atoms with van der Waals surface area (Å²) < 4.78 is 27.8. The number of hydrogen-bond acceptors (Lipinski definition) is 6. The van der Waals surface area contributed by atoms with Gasteiger partial charge in [-0.3, -0.25) is 24.4 Å². The molecule has 2 aromatic rings. The summed E-state index contributed by atoms with van der Waals surface area (Å²) in [5, 5.41) is 3.60. The number of halogens is 2. The summed E-state index contributed by atoms with van der Waals surface area (Å²) in [6.45, 7) is 16.9. The molecule has 0 radical (unpaired) electrons. The largest absolute Gasteiger partial charge is 0.340 e. The molecular weight excluding hydrogens is 538 g/mol. The Bertz CT molecular complexity index is 1320. The standard InChI is InChI=1S/C32H44F2N6O2/c1-20-14-38(27(13-35-20)17-39-21(2)15-37(23(4)41)16-22(39)3)18-30(42)40-19-32(5,6)31-29(40)10-24(12-36-31)9-25-7-8-26(33)11-28(25)34/h7-8,10-12,20-22,27,35H,9,13-19H2,1-6H3/t20?,21-,22?,27-/m1/s1. The van der Waals surface area contributed by atoms with Crippen LogP contribution >= 0.6 is 0 Å². The summed E-state index contributed by atoms with van der Waals surface area (Å²) in [7, 11) is 0. The summed E-state index contributed by atoms with van der Waals surface area (Å²) in [6, 6.07) is 6.43. The fraction of sp³-hybridized carbons (Fsp3) is 0.594. The third-order valence-electron chi connectivity index (χ3n) is 9.15. The fourth-order valence-corrected chi connectivity index (χ4v) is 6.86. The van der Waals surface area contributed by atoms with E-state index in [1.165, 1.54) is 12.1 Å². The van der Waals surface area contributed by atoms with Crippen molar-refractivity contribution in [3.8, 4) is 0 Å². The highest BCUT2D eigenvalue weighted by molar-refractivity contribution is 5.97. The lowest BCUT2D eigenvalue weighted by Crippen LogP contribution is -2.65. The topological polar surface area (TPSA) is 72.0 Å². The maximum atomic E-state index is 14.4. The molecule has 0 aliphatic carbocycles. The Labute approximate surface area is 248 Å². The number of amides is 2. The number of nitrogens with one attached hydrogen (secondary N) is 1. The zero-order chi connectivity index (χ0) is 30.3. The molecule has 2 fully saturated rings. The van der Waals surface area contributed by atoms with E-state index in [1.54, 1.807) is 13.1 Å². The van der Waals surface area contributed by atoms with Crippen LogP contribution in [0.4, 0.5) is 14.5 Å². The van der Waals surface area contributed by atoms with Gasteiger partial charge in [-0.25, -0.2) is 8.78 Å². The van der Waals surface area contributed by atoms with E-state index < -0.39 is 11.6 Å². The minimum atomic E-state index is -0.607. The van der Waals surface area contributed by atoms with Crippen LogP contribution in [0.5, 0.6) is 0 Å². The number of benzene rings is 1. The van der Waals surface area contributed by atoms with Crippen LogP contribution in [0.25, 0.3) is 0 Å². The molecule has 1 aromatic heterocycles. The maximum absolute atomic E-state index is 14.4. The second-order valence-corrected chi connectivity index (χ2v) is 13.2. The van der Waals surface area contributed by atoms with Crippen molar-refractivity contribution < 1.29 is 18.4 Å². The Kier molecular flexibility index (Phi) is 8.70. The van der Waals surface area contributed by atoms with E-state index in [4.69, 9.17) is 4.98 Å². The number of carbonyl (C=O) groups is 2. The van der Waals surface area contributed by atoms with Gasteiger partial charge in [0, 0.05) is 94.5 Å². The highest BCUT2D eigenvalue weighted by Crippen LogP contribution is 2.40. The molecule has 228 valence electrons. The van der Waals surface area contributed by atoms with E-state index in [1.807, 2.05) is 15.9 Å². The Morgan fingerprint density at radius 1 is 1.07 bits per heavy atom. The molecule has 4 atom stereocenters. The average molecular weight is 583 g/mol. The van der Waals surface area contributed by atoms with Crippen LogP contribution in [0.1, 0.15) is 58.4 Å². The molecule has 2 amide bonds. The van der Waals surface area contributed by atoms with Crippen LogP contribution < -0.4 is 10.2 Å². The molecule has 1 N–H and O–H groups in total. The molecule has 0 bridgehead atoms. The zero-order valence-electron chi connectivity index (χ0n) is 25.7. The highest BCUT2D eigenvalue weighted by Gasteiger charge is 2.41. The minimum absolute atomic E-state index is 0.0235. The zero-order valence-corrected chi connectivity index (χ0v) is 25.7. The Morgan fingerprint density at radius 3 is 2.45 bits per heavy atom. The third kappa shape index (κ3) is 6.35. The lowest BCUT2D eigenvalue weighted by atomic mass is 9.91. The molecule has 10 heteroatoms. The van der Waals surface area contributed by atoms with Crippen LogP contribution in [-0.2, 0) is 21.4 Å². The molecule has 3 aliphatic rings. The summed E-state index contributed by atoms with van der Waals surface area (Å²) in [5.41, 5.74) is 2.47. The van der Waals surface area contributed by atoms with E-state index in [9.17, 15) is 18.4 Å². The number of nitrogens with zero attached hydrogens (tertiary/aromatic N) is 5. The Balaban J connectivity index is 1.33. The summed E-state index contributed by atoms with van der Waals surface area (Å²) in [4.78, 5) is 39.3. The molecule has 4 heterocycles. The number of aromatic nitrogens is 1. The smallest absolute Gasteiger partial charge is 0.241 e. The normalized spacial score (nSPS) is 26.4. The van der Waals surface area contributed by atoms with Crippen LogP contribution in [-0.4, -0.2) is 101 Å². The van der Waals surface area contributed by atoms with Crippen molar-refractivity contribution in [2.75, 3.05) is 50.7 Å². The first-order chi connectivity index (χ1) is 19.8. The number of rotatable bonds is 6. The van der Waals surface area contributed by atoms with Crippen molar-refractivity contribution >= 4 is 17.5 Å². The quantitative estimate of drug-likeness (QED) is 0.565. The van der Waals surface area contributed by atoms with Crippen molar-refractivity contribution in [1.29, 1.82) is 0 Å². The van der Waals surface area contributed by atoms with Gasteiger partial charge in [0.25, 0.3) is 0 Å². The molecule has 8 nitrogen and oxygen atoms in total. The lowest BCUT2D eigenvalue weighted by molar-refractivity contribution is -0.133. The maximum Gasteiger partial charge on any atom is 0.241 e. The van der Waals surface area contributed by atoms with Gasteiger partial charge in [-0.05, 0) is 44.0 Å². The first-order valence-electron chi connectivity index (χ1n) is 15.0. The molecule has 3 aliphatic heterocycles. The minimum Gasteiger partial charge on any atom is -0.340 e. The van der Waals surface area contributed by atoms with Gasteiger partial charge in [0.2, 0.25) is 11.8 Å². The van der Waals surface area contributed by atoms with Gasteiger partial charge >= 0.3 is 0 Å². The van der Waals surface area contributed by atoms with Crippen molar-refractivity contribution in [1.82, 2.24) is 25.0 Å². The van der Waals surface area contributed by atoms with Crippen LogP contribution in [0.3, 0.4) is 0 Å². The van der Waals surface area contributed by atoms with Gasteiger partial charge in [0.15, 0.2) is 0 Å². The molecular formula is C32H44F2N6O2. The molecule has 2 unspecified atom stereocenters. The fourth-order valence-electron chi connectivity index (χ4n) is 6.86. The first-order valence-corrected chi connectivity index (χ1v) is 15.0. The number of pyridine rings is 1. The summed E-state index contributed by atoms with van der Waals surface area (Å²) in [5.74, 6) is -1.06. The summed E-state index contributed by atoms with van der Waals surface area (Å²) >= 11 is 0. The van der Waals surface area contributed by atoms with E-state index in [0.717, 1.165) is 42.6 Å². The highest BCUT2D eigenvalue weighted by atomic mass is 19.1. The van der Waals surface area contributed by atoms with Crippen molar-refractivity contribution in [2.24, 2.45) is 0 Å². The van der Waals surface area contributed by atoms with Gasteiger partial charge in [0.1, 0.15) is 11.6 Å². The molecule has 0 saturated carbocycles. The number of hydrogen-bond donors (Lipinski definition) is 1. The molecule has 2 saturated heterocycles.